The Labute approximate surface area is 98.8 Å². The second-order valence-electron chi connectivity index (χ2n) is 4.39. The van der Waals surface area contributed by atoms with Crippen LogP contribution >= 0.6 is 15.9 Å². The molecule has 1 saturated heterocycles. The first-order valence-corrected chi connectivity index (χ1v) is 6.09. The predicted octanol–water partition coefficient (Wildman–Crippen LogP) is 1.96. The van der Waals surface area contributed by atoms with Crippen molar-refractivity contribution in [1.29, 1.82) is 0 Å². The third-order valence-corrected chi connectivity index (χ3v) is 3.69. The summed E-state index contributed by atoms with van der Waals surface area (Å²) in [4.78, 5) is 0. The molecular formula is C12H16BrNO. The molecule has 1 fully saturated rings. The Balaban J connectivity index is 2.09. The molecule has 1 aromatic carbocycles. The van der Waals surface area contributed by atoms with Crippen molar-refractivity contribution < 1.29 is 5.11 Å². The zero-order valence-corrected chi connectivity index (χ0v) is 10.3. The molecule has 0 spiro atoms. The van der Waals surface area contributed by atoms with Crippen LogP contribution in [0.1, 0.15) is 12.0 Å². The molecule has 0 saturated carbocycles. The highest BCUT2D eigenvalue weighted by Gasteiger charge is 2.33. The van der Waals surface area contributed by atoms with Crippen molar-refractivity contribution in [2.75, 3.05) is 19.7 Å². The van der Waals surface area contributed by atoms with Gasteiger partial charge >= 0.3 is 0 Å². The Morgan fingerprint density at radius 1 is 1.33 bits per heavy atom. The van der Waals surface area contributed by atoms with Gasteiger partial charge in [0.25, 0.3) is 0 Å². The van der Waals surface area contributed by atoms with Crippen LogP contribution in [0, 0.1) is 5.41 Å². The first-order chi connectivity index (χ1) is 7.24. The Hall–Kier alpha value is -0.380. The number of hydrogen-bond donors (Lipinski definition) is 2. The van der Waals surface area contributed by atoms with Crippen molar-refractivity contribution in [2.24, 2.45) is 5.41 Å². The van der Waals surface area contributed by atoms with E-state index in [1.54, 1.807) is 0 Å². The summed E-state index contributed by atoms with van der Waals surface area (Å²) >= 11 is 3.43. The maximum absolute atomic E-state index is 9.48. The monoisotopic (exact) mass is 269 g/mol. The average Bonchev–Trinajstić information content (AvgIpc) is 2.71. The first kappa shape index (κ1) is 11.1. The van der Waals surface area contributed by atoms with Gasteiger partial charge in [0.15, 0.2) is 0 Å². The van der Waals surface area contributed by atoms with Crippen LogP contribution in [0.25, 0.3) is 0 Å². The van der Waals surface area contributed by atoms with Crippen molar-refractivity contribution in [3.05, 3.63) is 34.3 Å². The molecule has 0 bridgehead atoms. The lowest BCUT2D eigenvalue weighted by Crippen LogP contribution is -2.30. The highest BCUT2D eigenvalue weighted by atomic mass is 79.9. The van der Waals surface area contributed by atoms with Gasteiger partial charge in [-0.2, -0.15) is 0 Å². The van der Waals surface area contributed by atoms with Crippen molar-refractivity contribution in [3.8, 4) is 0 Å². The molecule has 1 atom stereocenters. The quantitative estimate of drug-likeness (QED) is 0.880. The summed E-state index contributed by atoms with van der Waals surface area (Å²) in [5.41, 5.74) is 1.37. The fraction of sp³-hybridized carbons (Fsp3) is 0.500. The normalized spacial score (nSPS) is 25.7. The second-order valence-corrected chi connectivity index (χ2v) is 5.30. The predicted molar refractivity (Wildman–Crippen MR) is 64.9 cm³/mol. The minimum absolute atomic E-state index is 0.0633. The summed E-state index contributed by atoms with van der Waals surface area (Å²) in [6.07, 6.45) is 2.03. The van der Waals surface area contributed by atoms with Crippen LogP contribution in [0.4, 0.5) is 0 Å². The number of rotatable bonds is 3. The maximum atomic E-state index is 9.48. The van der Waals surface area contributed by atoms with Crippen LogP contribution in [0.15, 0.2) is 28.7 Å². The van der Waals surface area contributed by atoms with Crippen LogP contribution in [-0.2, 0) is 6.42 Å². The Bertz CT molecular complexity index is 317. The Kier molecular flexibility index (Phi) is 3.44. The molecule has 2 N–H and O–H groups in total. The number of halogens is 1. The summed E-state index contributed by atoms with van der Waals surface area (Å²) in [7, 11) is 0. The topological polar surface area (TPSA) is 32.3 Å². The van der Waals surface area contributed by atoms with E-state index in [0.29, 0.717) is 0 Å². The van der Waals surface area contributed by atoms with E-state index in [-0.39, 0.29) is 12.0 Å². The highest BCUT2D eigenvalue weighted by molar-refractivity contribution is 9.10. The number of nitrogens with one attached hydrogen (secondary N) is 1. The van der Waals surface area contributed by atoms with Crippen molar-refractivity contribution in [2.45, 2.75) is 12.8 Å². The molecule has 3 heteroatoms. The Morgan fingerprint density at radius 2 is 2.07 bits per heavy atom. The van der Waals surface area contributed by atoms with Gasteiger partial charge in [0, 0.05) is 16.4 Å². The third-order valence-electron chi connectivity index (χ3n) is 3.16. The van der Waals surface area contributed by atoms with Crippen LogP contribution in [0.5, 0.6) is 0 Å². The number of aliphatic hydroxyl groups is 1. The molecule has 0 amide bonds. The van der Waals surface area contributed by atoms with Gasteiger partial charge in [-0.25, -0.2) is 0 Å². The fourth-order valence-electron chi connectivity index (χ4n) is 2.17. The summed E-state index contributed by atoms with van der Waals surface area (Å²) in [5, 5.41) is 12.8. The average molecular weight is 270 g/mol. The molecule has 1 heterocycles. The number of aliphatic hydroxyl groups excluding tert-OH is 1. The molecule has 1 aliphatic heterocycles. The molecule has 1 aromatic rings. The highest BCUT2D eigenvalue weighted by Crippen LogP contribution is 2.29. The lowest BCUT2D eigenvalue weighted by atomic mass is 9.82. The van der Waals surface area contributed by atoms with Crippen molar-refractivity contribution in [1.82, 2.24) is 5.32 Å². The zero-order valence-electron chi connectivity index (χ0n) is 8.67. The number of benzene rings is 1. The maximum Gasteiger partial charge on any atom is 0.0503 e. The fourth-order valence-corrected chi connectivity index (χ4v) is 2.44. The van der Waals surface area contributed by atoms with Crippen LogP contribution < -0.4 is 5.32 Å². The molecule has 1 aliphatic rings. The van der Waals surface area contributed by atoms with Gasteiger partial charge in [-0.15, -0.1) is 0 Å². The first-order valence-electron chi connectivity index (χ1n) is 5.30. The minimum Gasteiger partial charge on any atom is -0.396 e. The van der Waals surface area contributed by atoms with E-state index in [0.717, 1.165) is 30.4 Å². The van der Waals surface area contributed by atoms with Crippen molar-refractivity contribution in [3.63, 3.8) is 0 Å². The van der Waals surface area contributed by atoms with E-state index in [9.17, 15) is 5.11 Å². The molecule has 15 heavy (non-hydrogen) atoms. The van der Waals surface area contributed by atoms with E-state index in [1.807, 2.05) is 0 Å². The molecular weight excluding hydrogens is 254 g/mol. The molecule has 0 aliphatic carbocycles. The van der Waals surface area contributed by atoms with Gasteiger partial charge in [-0.3, -0.25) is 0 Å². The van der Waals surface area contributed by atoms with E-state index >= 15 is 0 Å². The standard InChI is InChI=1S/C12H16BrNO/c13-11-3-1-10(2-4-11)7-12(9-15)5-6-14-8-12/h1-4,14-15H,5-9H2. The van der Waals surface area contributed by atoms with Gasteiger partial charge in [0.2, 0.25) is 0 Å². The van der Waals surface area contributed by atoms with E-state index in [1.165, 1.54) is 5.56 Å². The third kappa shape index (κ3) is 2.60. The molecule has 2 rings (SSSR count). The van der Waals surface area contributed by atoms with Crippen LogP contribution in [-0.4, -0.2) is 24.8 Å². The smallest absolute Gasteiger partial charge is 0.0503 e. The summed E-state index contributed by atoms with van der Waals surface area (Å²) in [5.74, 6) is 0. The second kappa shape index (κ2) is 4.64. The molecule has 2 nitrogen and oxygen atoms in total. The van der Waals surface area contributed by atoms with Crippen LogP contribution in [0.2, 0.25) is 0 Å². The molecule has 1 unspecified atom stereocenters. The summed E-state index contributed by atoms with van der Waals surface area (Å²) in [6, 6.07) is 8.37. The molecule has 82 valence electrons. The van der Waals surface area contributed by atoms with Gasteiger partial charge in [-0.05, 0) is 37.1 Å². The Morgan fingerprint density at radius 3 is 2.60 bits per heavy atom. The van der Waals surface area contributed by atoms with Gasteiger partial charge in [-0.1, -0.05) is 28.1 Å². The minimum atomic E-state index is 0.0633. The zero-order chi connectivity index (χ0) is 10.7. The summed E-state index contributed by atoms with van der Waals surface area (Å²) in [6.45, 7) is 2.23. The molecule has 0 radical (unpaired) electrons. The summed E-state index contributed by atoms with van der Waals surface area (Å²) < 4.78 is 1.11. The lowest BCUT2D eigenvalue weighted by molar-refractivity contribution is 0.143. The largest absolute Gasteiger partial charge is 0.396 e. The molecule has 0 aromatic heterocycles. The van der Waals surface area contributed by atoms with E-state index < -0.39 is 0 Å². The SMILES string of the molecule is OCC1(Cc2ccc(Br)cc2)CCNC1. The number of hydrogen-bond acceptors (Lipinski definition) is 2. The van der Waals surface area contributed by atoms with E-state index in [2.05, 4.69) is 45.5 Å². The van der Waals surface area contributed by atoms with Gasteiger partial charge in [0.05, 0.1) is 6.61 Å². The van der Waals surface area contributed by atoms with E-state index in [4.69, 9.17) is 0 Å². The van der Waals surface area contributed by atoms with Gasteiger partial charge in [0.1, 0.15) is 0 Å². The van der Waals surface area contributed by atoms with Crippen LogP contribution in [0.3, 0.4) is 0 Å². The van der Waals surface area contributed by atoms with Gasteiger partial charge < -0.3 is 10.4 Å². The van der Waals surface area contributed by atoms with Crippen molar-refractivity contribution >= 4 is 15.9 Å². The lowest BCUT2D eigenvalue weighted by Gasteiger charge is -2.25.